The summed E-state index contributed by atoms with van der Waals surface area (Å²) in [6.45, 7) is 2.47. The zero-order valence-corrected chi connectivity index (χ0v) is 13.9. The summed E-state index contributed by atoms with van der Waals surface area (Å²) in [7, 11) is 1.62. The van der Waals surface area contributed by atoms with Gasteiger partial charge < -0.3 is 15.0 Å². The van der Waals surface area contributed by atoms with E-state index in [0.29, 0.717) is 25.5 Å². The van der Waals surface area contributed by atoms with Crippen LogP contribution in [0.3, 0.4) is 0 Å². The smallest absolute Gasteiger partial charge is 0.317 e. The minimum Gasteiger partial charge on any atom is -0.383 e. The Morgan fingerprint density at radius 1 is 1.42 bits per heavy atom. The van der Waals surface area contributed by atoms with Crippen molar-refractivity contribution < 1.29 is 9.53 Å². The first kappa shape index (κ1) is 16.4. The third-order valence-corrected chi connectivity index (χ3v) is 4.21. The molecule has 0 unspecified atom stereocenters. The first-order valence-electron chi connectivity index (χ1n) is 8.27. The summed E-state index contributed by atoms with van der Waals surface area (Å²) in [5.74, 6) is 1.74. The van der Waals surface area contributed by atoms with E-state index in [1.165, 1.54) is 0 Å². The summed E-state index contributed by atoms with van der Waals surface area (Å²) in [4.78, 5) is 18.7. The van der Waals surface area contributed by atoms with Gasteiger partial charge in [-0.05, 0) is 12.8 Å². The number of aromatic nitrogens is 3. The van der Waals surface area contributed by atoms with E-state index in [4.69, 9.17) is 4.74 Å². The van der Waals surface area contributed by atoms with Crippen molar-refractivity contribution in [3.8, 4) is 11.4 Å². The Labute approximate surface area is 141 Å². The van der Waals surface area contributed by atoms with E-state index in [0.717, 1.165) is 30.8 Å². The molecule has 2 amide bonds. The molecule has 2 aromatic rings. The largest absolute Gasteiger partial charge is 0.383 e. The van der Waals surface area contributed by atoms with Gasteiger partial charge in [0.2, 0.25) is 0 Å². The summed E-state index contributed by atoms with van der Waals surface area (Å²) in [5.41, 5.74) is 0.991. The van der Waals surface area contributed by atoms with E-state index in [1.54, 1.807) is 7.11 Å². The van der Waals surface area contributed by atoms with Gasteiger partial charge in [0.1, 0.15) is 5.82 Å². The van der Waals surface area contributed by atoms with E-state index < -0.39 is 0 Å². The third-order valence-electron chi connectivity index (χ3n) is 4.21. The number of ether oxygens (including phenoxy) is 1. The van der Waals surface area contributed by atoms with Gasteiger partial charge in [-0.3, -0.25) is 5.10 Å². The number of urea groups is 1. The fourth-order valence-electron chi connectivity index (χ4n) is 2.93. The quantitative estimate of drug-likeness (QED) is 0.822. The molecule has 0 radical (unpaired) electrons. The van der Waals surface area contributed by atoms with Crippen molar-refractivity contribution in [1.29, 1.82) is 0 Å². The monoisotopic (exact) mass is 329 g/mol. The highest BCUT2D eigenvalue weighted by Crippen LogP contribution is 2.26. The zero-order chi connectivity index (χ0) is 16.8. The van der Waals surface area contributed by atoms with Gasteiger partial charge in [0, 0.05) is 38.2 Å². The molecule has 1 aromatic carbocycles. The minimum absolute atomic E-state index is 0.0421. The lowest BCUT2D eigenvalue weighted by molar-refractivity contribution is 0.167. The molecule has 1 atom stereocenters. The second-order valence-corrected chi connectivity index (χ2v) is 5.92. The van der Waals surface area contributed by atoms with E-state index in [1.807, 2.05) is 35.2 Å². The number of nitrogens with zero attached hydrogens (tertiary/aromatic N) is 3. The summed E-state index contributed by atoms with van der Waals surface area (Å²) in [6.07, 6.45) is 1.97. The van der Waals surface area contributed by atoms with Gasteiger partial charge in [-0.1, -0.05) is 30.3 Å². The Balaban J connectivity index is 1.63. The lowest BCUT2D eigenvalue weighted by atomic mass is 9.97. The van der Waals surface area contributed by atoms with E-state index in [-0.39, 0.29) is 11.9 Å². The van der Waals surface area contributed by atoms with Crippen LogP contribution in [-0.4, -0.2) is 59.5 Å². The van der Waals surface area contributed by atoms with Gasteiger partial charge >= 0.3 is 6.03 Å². The number of carbonyl (C=O) groups excluding carboxylic acids is 1. The number of amides is 2. The molecule has 7 nitrogen and oxygen atoms in total. The SMILES string of the molecule is COCCNC(=O)N1CCC[C@H](c2nc(-c3ccccc3)n[nH]2)C1. The first-order valence-corrected chi connectivity index (χ1v) is 8.27. The normalized spacial score (nSPS) is 17.7. The van der Waals surface area contributed by atoms with Gasteiger partial charge in [0.05, 0.1) is 6.61 Å². The van der Waals surface area contributed by atoms with Crippen LogP contribution in [0.15, 0.2) is 30.3 Å². The molecule has 24 heavy (non-hydrogen) atoms. The fourth-order valence-corrected chi connectivity index (χ4v) is 2.93. The number of aromatic amines is 1. The number of hydrogen-bond acceptors (Lipinski definition) is 4. The van der Waals surface area contributed by atoms with E-state index >= 15 is 0 Å². The number of benzene rings is 1. The van der Waals surface area contributed by atoms with Gasteiger partial charge in [0.25, 0.3) is 0 Å². The molecule has 3 rings (SSSR count). The summed E-state index contributed by atoms with van der Waals surface area (Å²) < 4.78 is 4.96. The average Bonchev–Trinajstić information content (AvgIpc) is 3.13. The average molecular weight is 329 g/mol. The Kier molecular flexibility index (Phi) is 5.43. The highest BCUT2D eigenvalue weighted by atomic mass is 16.5. The highest BCUT2D eigenvalue weighted by Gasteiger charge is 2.27. The molecular weight excluding hydrogens is 306 g/mol. The van der Waals surface area contributed by atoms with Crippen LogP contribution in [0.5, 0.6) is 0 Å². The number of methoxy groups -OCH3 is 1. The van der Waals surface area contributed by atoms with Crippen LogP contribution < -0.4 is 5.32 Å². The third kappa shape index (κ3) is 3.91. The number of rotatable bonds is 5. The Morgan fingerprint density at radius 3 is 3.04 bits per heavy atom. The maximum absolute atomic E-state index is 12.2. The number of likely N-dealkylation sites (tertiary alicyclic amines) is 1. The van der Waals surface area contributed by atoms with E-state index in [9.17, 15) is 4.79 Å². The number of carbonyl (C=O) groups is 1. The molecule has 2 heterocycles. The van der Waals surface area contributed by atoms with Crippen molar-refractivity contribution in [3.05, 3.63) is 36.2 Å². The highest BCUT2D eigenvalue weighted by molar-refractivity contribution is 5.74. The predicted molar refractivity (Wildman–Crippen MR) is 90.6 cm³/mol. The molecule has 1 aliphatic heterocycles. The zero-order valence-electron chi connectivity index (χ0n) is 13.9. The Bertz CT molecular complexity index is 658. The first-order chi connectivity index (χ1) is 11.8. The van der Waals surface area contributed by atoms with Crippen molar-refractivity contribution >= 4 is 6.03 Å². The predicted octanol–water partition coefficient (Wildman–Crippen LogP) is 2.01. The molecule has 0 aliphatic carbocycles. The van der Waals surface area contributed by atoms with Gasteiger partial charge in [-0.25, -0.2) is 9.78 Å². The van der Waals surface area contributed by atoms with E-state index in [2.05, 4.69) is 20.5 Å². The minimum atomic E-state index is -0.0421. The van der Waals surface area contributed by atoms with Crippen molar-refractivity contribution in [1.82, 2.24) is 25.4 Å². The molecule has 0 spiro atoms. The molecule has 0 saturated carbocycles. The maximum Gasteiger partial charge on any atom is 0.317 e. The van der Waals surface area contributed by atoms with Crippen LogP contribution in [0.1, 0.15) is 24.6 Å². The molecule has 0 bridgehead atoms. The topological polar surface area (TPSA) is 83.1 Å². The van der Waals surface area contributed by atoms with Gasteiger partial charge in [-0.15, -0.1) is 0 Å². The summed E-state index contributed by atoms with van der Waals surface area (Å²) >= 11 is 0. The number of piperidine rings is 1. The van der Waals surface area contributed by atoms with Crippen LogP contribution in [0, 0.1) is 0 Å². The number of H-pyrrole nitrogens is 1. The number of nitrogens with one attached hydrogen (secondary N) is 2. The lowest BCUT2D eigenvalue weighted by Crippen LogP contribution is -2.45. The molecule has 1 aliphatic rings. The van der Waals surface area contributed by atoms with Crippen molar-refractivity contribution in [2.75, 3.05) is 33.4 Å². The van der Waals surface area contributed by atoms with Gasteiger partial charge in [0.15, 0.2) is 5.82 Å². The number of hydrogen-bond donors (Lipinski definition) is 2. The summed E-state index contributed by atoms with van der Waals surface area (Å²) in [6, 6.07) is 9.85. The molecule has 1 fully saturated rings. The summed E-state index contributed by atoms with van der Waals surface area (Å²) in [5, 5.41) is 10.2. The van der Waals surface area contributed by atoms with Gasteiger partial charge in [-0.2, -0.15) is 5.10 Å². The van der Waals surface area contributed by atoms with Crippen molar-refractivity contribution in [3.63, 3.8) is 0 Å². The standard InChI is InChI=1S/C17H23N5O2/c1-24-11-9-18-17(23)22-10-5-8-14(12-22)16-19-15(20-21-16)13-6-3-2-4-7-13/h2-4,6-7,14H,5,8-12H2,1H3,(H,18,23)(H,19,20,21)/t14-/m0/s1. The second kappa shape index (κ2) is 7.92. The molecule has 1 aromatic heterocycles. The van der Waals surface area contributed by atoms with Crippen molar-refractivity contribution in [2.24, 2.45) is 0 Å². The second-order valence-electron chi connectivity index (χ2n) is 5.92. The van der Waals surface area contributed by atoms with Crippen LogP contribution in [0.25, 0.3) is 11.4 Å². The molecule has 128 valence electrons. The molecule has 2 N–H and O–H groups in total. The van der Waals surface area contributed by atoms with Crippen LogP contribution in [0.2, 0.25) is 0 Å². The molecule has 1 saturated heterocycles. The van der Waals surface area contributed by atoms with Crippen LogP contribution in [0.4, 0.5) is 4.79 Å². The molecular formula is C17H23N5O2. The maximum atomic E-state index is 12.2. The molecule has 7 heteroatoms. The van der Waals surface area contributed by atoms with Crippen LogP contribution in [-0.2, 0) is 4.74 Å². The Hall–Kier alpha value is -2.41. The van der Waals surface area contributed by atoms with Crippen LogP contribution >= 0.6 is 0 Å². The fraction of sp³-hybridized carbons (Fsp3) is 0.471. The lowest BCUT2D eigenvalue weighted by Gasteiger charge is -2.31. The van der Waals surface area contributed by atoms with Crippen molar-refractivity contribution in [2.45, 2.75) is 18.8 Å². The Morgan fingerprint density at radius 2 is 2.25 bits per heavy atom.